The monoisotopic (exact) mass is 516 g/mol. The largest absolute Gasteiger partial charge is 0.457 e. The zero-order valence-corrected chi connectivity index (χ0v) is 18.7. The van der Waals surface area contributed by atoms with Crippen molar-refractivity contribution in [3.05, 3.63) is 82.8 Å². The van der Waals surface area contributed by atoms with Crippen LogP contribution in [0.1, 0.15) is 5.56 Å². The van der Waals surface area contributed by atoms with Crippen molar-refractivity contribution >= 4 is 54.6 Å². The summed E-state index contributed by atoms with van der Waals surface area (Å²) in [4.78, 5) is 16.7. The number of benzene rings is 3. The molecule has 3 aromatic carbocycles. The highest BCUT2D eigenvalue weighted by molar-refractivity contribution is 9.10. The Morgan fingerprint density at radius 3 is 2.66 bits per heavy atom. The van der Waals surface area contributed by atoms with Gasteiger partial charge in [0, 0.05) is 22.2 Å². The van der Waals surface area contributed by atoms with Crippen molar-refractivity contribution in [1.29, 1.82) is 0 Å². The van der Waals surface area contributed by atoms with Crippen LogP contribution in [0.25, 0.3) is 16.3 Å². The number of nitrogens with zero attached hydrogens (tertiary/aromatic N) is 1. The summed E-state index contributed by atoms with van der Waals surface area (Å²) in [7, 11) is 0. The molecule has 1 amide bonds. The first-order valence-corrected chi connectivity index (χ1v) is 10.9. The Balaban J connectivity index is 1.46. The van der Waals surface area contributed by atoms with Crippen molar-refractivity contribution in [1.82, 2.24) is 4.98 Å². The van der Waals surface area contributed by atoms with Crippen LogP contribution in [-0.2, 0) is 4.79 Å². The van der Waals surface area contributed by atoms with Crippen LogP contribution in [0.4, 0.5) is 13.9 Å². The molecule has 0 aliphatic rings. The van der Waals surface area contributed by atoms with E-state index in [1.807, 2.05) is 42.5 Å². The molecular formula is C23H15BrF2N2O3S. The van der Waals surface area contributed by atoms with E-state index in [1.165, 1.54) is 29.6 Å². The van der Waals surface area contributed by atoms with Crippen molar-refractivity contribution < 1.29 is 23.0 Å². The first kappa shape index (κ1) is 21.9. The van der Waals surface area contributed by atoms with E-state index in [9.17, 15) is 13.6 Å². The minimum absolute atomic E-state index is 0.0295. The van der Waals surface area contributed by atoms with Gasteiger partial charge in [-0.3, -0.25) is 10.1 Å². The number of para-hydroxylation sites is 1. The minimum atomic E-state index is -2.96. The Labute approximate surface area is 194 Å². The predicted octanol–water partition coefficient (Wildman–Crippen LogP) is 7.10. The van der Waals surface area contributed by atoms with Crippen molar-refractivity contribution in [2.24, 2.45) is 0 Å². The molecule has 5 nitrogen and oxygen atoms in total. The topological polar surface area (TPSA) is 60.5 Å². The standard InChI is InChI=1S/C23H15BrF2N2O3S/c24-15-7-10-19(31-22(25)26)14(12-15)6-11-21(29)28-23-27-18-9-8-17(13-20(18)32-23)30-16-4-2-1-3-5-16/h1-13,22H,(H,27,28,29)/b11-6+. The van der Waals surface area contributed by atoms with E-state index in [4.69, 9.17) is 4.74 Å². The number of fused-ring (bicyclic) bond motifs is 1. The molecule has 162 valence electrons. The number of hydrogen-bond acceptors (Lipinski definition) is 5. The van der Waals surface area contributed by atoms with Gasteiger partial charge in [0.2, 0.25) is 5.91 Å². The Bertz CT molecular complexity index is 1280. The summed E-state index contributed by atoms with van der Waals surface area (Å²) >= 11 is 4.57. The van der Waals surface area contributed by atoms with Crippen LogP contribution in [-0.4, -0.2) is 17.5 Å². The fourth-order valence-corrected chi connectivity index (χ4v) is 4.09. The summed E-state index contributed by atoms with van der Waals surface area (Å²) in [6.07, 6.45) is 2.63. The molecule has 32 heavy (non-hydrogen) atoms. The summed E-state index contributed by atoms with van der Waals surface area (Å²) in [5, 5.41) is 3.09. The van der Waals surface area contributed by atoms with E-state index in [-0.39, 0.29) is 5.75 Å². The normalized spacial score (nSPS) is 11.2. The van der Waals surface area contributed by atoms with Gasteiger partial charge >= 0.3 is 6.61 Å². The number of carbonyl (C=O) groups is 1. The molecule has 0 atom stereocenters. The average molecular weight is 517 g/mol. The molecule has 1 heterocycles. The first-order chi connectivity index (χ1) is 15.5. The van der Waals surface area contributed by atoms with Crippen molar-refractivity contribution in [2.45, 2.75) is 6.61 Å². The van der Waals surface area contributed by atoms with Gasteiger partial charge in [0.25, 0.3) is 0 Å². The van der Waals surface area contributed by atoms with Crippen LogP contribution in [0.15, 0.2) is 77.3 Å². The van der Waals surface area contributed by atoms with Gasteiger partial charge in [0.15, 0.2) is 5.13 Å². The number of ether oxygens (including phenoxy) is 2. The number of hydrogen-bond donors (Lipinski definition) is 1. The predicted molar refractivity (Wildman–Crippen MR) is 125 cm³/mol. The molecule has 0 aliphatic heterocycles. The second-order valence-electron chi connectivity index (χ2n) is 6.45. The number of amides is 1. The molecule has 0 aliphatic carbocycles. The molecule has 1 aromatic heterocycles. The number of alkyl halides is 2. The molecule has 0 fully saturated rings. The highest BCUT2D eigenvalue weighted by Gasteiger charge is 2.10. The zero-order valence-electron chi connectivity index (χ0n) is 16.3. The lowest BCUT2D eigenvalue weighted by Crippen LogP contribution is -2.07. The molecule has 9 heteroatoms. The van der Waals surface area contributed by atoms with Crippen LogP contribution in [0.2, 0.25) is 0 Å². The second-order valence-corrected chi connectivity index (χ2v) is 8.39. The molecule has 0 radical (unpaired) electrons. The van der Waals surface area contributed by atoms with Gasteiger partial charge in [0.05, 0.1) is 10.2 Å². The van der Waals surface area contributed by atoms with Crippen LogP contribution in [0.3, 0.4) is 0 Å². The van der Waals surface area contributed by atoms with Gasteiger partial charge in [-0.15, -0.1) is 0 Å². The Morgan fingerprint density at radius 1 is 1.06 bits per heavy atom. The van der Waals surface area contributed by atoms with E-state index in [1.54, 1.807) is 18.2 Å². The number of halogens is 3. The van der Waals surface area contributed by atoms with Crippen molar-refractivity contribution in [3.63, 3.8) is 0 Å². The Hall–Kier alpha value is -3.30. The summed E-state index contributed by atoms with van der Waals surface area (Å²) in [5.41, 5.74) is 1.05. The average Bonchev–Trinajstić information content (AvgIpc) is 3.15. The van der Waals surface area contributed by atoms with Crippen molar-refractivity contribution in [3.8, 4) is 17.2 Å². The minimum Gasteiger partial charge on any atom is -0.457 e. The SMILES string of the molecule is O=C(/C=C/c1cc(Br)ccc1OC(F)F)Nc1nc2ccc(Oc3ccccc3)cc2s1. The maximum absolute atomic E-state index is 12.6. The summed E-state index contributed by atoms with van der Waals surface area (Å²) in [6, 6.07) is 19.4. The third-order valence-corrected chi connectivity index (χ3v) is 5.60. The third-order valence-electron chi connectivity index (χ3n) is 4.17. The van der Waals surface area contributed by atoms with E-state index in [0.717, 1.165) is 10.4 Å². The Morgan fingerprint density at radius 2 is 1.88 bits per heavy atom. The molecule has 0 bridgehead atoms. The number of carbonyl (C=O) groups excluding carboxylic acids is 1. The molecule has 0 saturated carbocycles. The number of rotatable bonds is 7. The number of nitrogens with one attached hydrogen (secondary N) is 1. The third kappa shape index (κ3) is 5.68. The second kappa shape index (κ2) is 9.88. The maximum Gasteiger partial charge on any atom is 0.387 e. The fourth-order valence-electron chi connectivity index (χ4n) is 2.81. The summed E-state index contributed by atoms with van der Waals surface area (Å²) in [5.74, 6) is 0.898. The van der Waals surface area contributed by atoms with Gasteiger partial charge in [0.1, 0.15) is 17.2 Å². The summed E-state index contributed by atoms with van der Waals surface area (Å²) in [6.45, 7) is -2.96. The number of aromatic nitrogens is 1. The number of thiazole rings is 1. The van der Waals surface area contributed by atoms with E-state index in [0.29, 0.717) is 26.4 Å². The lowest BCUT2D eigenvalue weighted by atomic mass is 10.2. The van der Waals surface area contributed by atoms with E-state index < -0.39 is 12.5 Å². The first-order valence-electron chi connectivity index (χ1n) is 9.33. The number of anilines is 1. The van der Waals surface area contributed by atoms with Crippen molar-refractivity contribution in [2.75, 3.05) is 5.32 Å². The quantitative estimate of drug-likeness (QED) is 0.266. The lowest BCUT2D eigenvalue weighted by molar-refractivity contribution is -0.111. The maximum atomic E-state index is 12.6. The smallest absolute Gasteiger partial charge is 0.387 e. The van der Waals surface area contributed by atoms with E-state index in [2.05, 4.69) is 31.0 Å². The van der Waals surface area contributed by atoms with Gasteiger partial charge in [-0.2, -0.15) is 8.78 Å². The van der Waals surface area contributed by atoms with E-state index >= 15 is 0 Å². The summed E-state index contributed by atoms with van der Waals surface area (Å²) < 4.78 is 37.0. The molecule has 0 spiro atoms. The highest BCUT2D eigenvalue weighted by Crippen LogP contribution is 2.31. The molecule has 1 N–H and O–H groups in total. The van der Waals surface area contributed by atoms with Crippen LogP contribution >= 0.6 is 27.3 Å². The molecule has 4 rings (SSSR count). The van der Waals surface area contributed by atoms with Gasteiger partial charge in [-0.25, -0.2) is 4.98 Å². The molecule has 4 aromatic rings. The van der Waals surface area contributed by atoms with Gasteiger partial charge < -0.3 is 9.47 Å². The molecule has 0 unspecified atom stereocenters. The molecular weight excluding hydrogens is 502 g/mol. The van der Waals surface area contributed by atoms with Gasteiger partial charge in [-0.05, 0) is 48.5 Å². The fraction of sp³-hybridized carbons (Fsp3) is 0.0435. The molecule has 0 saturated heterocycles. The zero-order chi connectivity index (χ0) is 22.5. The van der Waals surface area contributed by atoms with Crippen LogP contribution in [0.5, 0.6) is 17.2 Å². The van der Waals surface area contributed by atoms with Gasteiger partial charge in [-0.1, -0.05) is 45.5 Å². The Kier molecular flexibility index (Phi) is 6.77. The highest BCUT2D eigenvalue weighted by atomic mass is 79.9. The van der Waals surface area contributed by atoms with Crippen LogP contribution in [0, 0.1) is 0 Å². The lowest BCUT2D eigenvalue weighted by Gasteiger charge is -2.08. The van der Waals surface area contributed by atoms with Crippen LogP contribution < -0.4 is 14.8 Å².